The van der Waals surface area contributed by atoms with Crippen LogP contribution in [0.2, 0.25) is 0 Å². The third-order valence-electron chi connectivity index (χ3n) is 8.98. The molecule has 0 aromatic heterocycles. The van der Waals surface area contributed by atoms with Crippen LogP contribution in [0.5, 0.6) is 0 Å². The molecule has 0 saturated heterocycles. The smallest absolute Gasteiger partial charge is 0.336 e. The molecule has 7 heteroatoms. The zero-order valence-corrected chi connectivity index (χ0v) is 30.2. The molecular formula is C44H39O6Ti-. The summed E-state index contributed by atoms with van der Waals surface area (Å²) in [6.45, 7) is 4.49. The number of fused-ring (bicyclic) bond motifs is 3. The van der Waals surface area contributed by atoms with E-state index in [-0.39, 0.29) is 21.7 Å². The Morgan fingerprint density at radius 1 is 0.529 bits per heavy atom. The summed E-state index contributed by atoms with van der Waals surface area (Å²) in [5, 5.41) is 31.9. The van der Waals surface area contributed by atoms with Crippen LogP contribution >= 0.6 is 0 Å². The molecule has 256 valence electrons. The molecule has 1 atom stereocenters. The summed E-state index contributed by atoms with van der Waals surface area (Å²) >= 11 is 0. The van der Waals surface area contributed by atoms with Crippen LogP contribution in [-0.2, 0) is 21.7 Å². The fraction of sp³-hybridized carbons (Fsp3) is 0.159. The number of carboxylic acids is 3. The molecule has 0 radical (unpaired) electrons. The van der Waals surface area contributed by atoms with E-state index in [0.717, 1.165) is 32.3 Å². The first kappa shape index (κ1) is 38.5. The van der Waals surface area contributed by atoms with Crippen LogP contribution in [-0.4, -0.2) is 33.2 Å². The summed E-state index contributed by atoms with van der Waals surface area (Å²) in [6.07, 6.45) is 8.95. The van der Waals surface area contributed by atoms with Crippen molar-refractivity contribution < 1.29 is 51.4 Å². The Hall–Kier alpha value is -5.30. The van der Waals surface area contributed by atoms with Gasteiger partial charge in [0, 0.05) is 21.7 Å². The fourth-order valence-electron chi connectivity index (χ4n) is 6.57. The van der Waals surface area contributed by atoms with E-state index < -0.39 is 17.9 Å². The quantitative estimate of drug-likeness (QED) is 0.124. The molecule has 2 aliphatic rings. The van der Waals surface area contributed by atoms with Gasteiger partial charge in [0.25, 0.3) is 0 Å². The number of rotatable bonds is 3. The van der Waals surface area contributed by atoms with Gasteiger partial charge in [-0.2, -0.15) is 11.1 Å². The van der Waals surface area contributed by atoms with Crippen molar-refractivity contribution in [3.63, 3.8) is 0 Å². The Labute approximate surface area is 312 Å². The first-order chi connectivity index (χ1) is 24.2. The van der Waals surface area contributed by atoms with Gasteiger partial charge in [0.15, 0.2) is 0 Å². The van der Waals surface area contributed by atoms with E-state index in [2.05, 4.69) is 19.9 Å². The molecule has 0 heterocycles. The molecule has 0 spiro atoms. The van der Waals surface area contributed by atoms with Gasteiger partial charge in [-0.25, -0.2) is 20.0 Å². The molecule has 0 fully saturated rings. The number of carbonyl (C=O) groups is 3. The number of aromatic carboxylic acids is 3. The molecule has 8 rings (SSSR count). The summed E-state index contributed by atoms with van der Waals surface area (Å²) in [4.78, 5) is 32.4. The maximum Gasteiger partial charge on any atom is 0.336 e. The normalized spacial score (nSPS) is 14.3. The Morgan fingerprint density at radius 2 is 0.863 bits per heavy atom. The van der Waals surface area contributed by atoms with Gasteiger partial charge in [-0.3, -0.25) is 6.08 Å². The van der Waals surface area contributed by atoms with Crippen molar-refractivity contribution in [3.05, 3.63) is 167 Å². The van der Waals surface area contributed by atoms with Crippen LogP contribution in [0.15, 0.2) is 144 Å². The molecule has 0 bridgehead atoms. The van der Waals surface area contributed by atoms with Crippen LogP contribution in [0.25, 0.3) is 32.3 Å². The second kappa shape index (κ2) is 18.1. The molecule has 0 amide bonds. The SMILES string of the molecule is CC1=[C-]C(C)C2=C1CCCC2.O=C(O)c1cccc2ccccc12.O=C(O)c1cccc2ccccc12.O=C(O)c1cccc2ccccc12.[Ti]. The summed E-state index contributed by atoms with van der Waals surface area (Å²) in [6, 6.07) is 38.2. The molecule has 51 heavy (non-hydrogen) atoms. The van der Waals surface area contributed by atoms with E-state index >= 15 is 0 Å². The zero-order valence-electron chi connectivity index (χ0n) is 28.6. The maximum atomic E-state index is 10.8. The van der Waals surface area contributed by atoms with Crippen molar-refractivity contribution in [2.24, 2.45) is 5.92 Å². The second-order valence-corrected chi connectivity index (χ2v) is 12.2. The Kier molecular flexibility index (Phi) is 13.7. The molecule has 2 aliphatic carbocycles. The van der Waals surface area contributed by atoms with Gasteiger partial charge < -0.3 is 15.3 Å². The van der Waals surface area contributed by atoms with E-state index in [1.54, 1.807) is 47.5 Å². The van der Waals surface area contributed by atoms with Crippen LogP contribution in [0.4, 0.5) is 0 Å². The monoisotopic (exact) mass is 711 g/mol. The molecule has 0 saturated carbocycles. The van der Waals surface area contributed by atoms with Crippen LogP contribution in [0.3, 0.4) is 0 Å². The predicted octanol–water partition coefficient (Wildman–Crippen LogP) is 10.9. The number of hydrogen-bond donors (Lipinski definition) is 3. The molecule has 6 aromatic rings. The molecule has 3 N–H and O–H groups in total. The van der Waals surface area contributed by atoms with E-state index in [1.807, 2.05) is 91.0 Å². The van der Waals surface area contributed by atoms with Crippen molar-refractivity contribution in [1.82, 2.24) is 0 Å². The van der Waals surface area contributed by atoms with E-state index in [0.29, 0.717) is 22.6 Å². The summed E-state index contributed by atoms with van der Waals surface area (Å²) < 4.78 is 0. The standard InChI is InChI=1S/3C11H8O2.C11H15.Ti/c3*12-11(13)10-7-3-5-8-4-1-2-6-9(8)10;1-8-7-9(2)11-6-4-3-5-10(8)11;/h3*1-7H,(H,12,13);8H,3-6H2,1-2H3;/q;;;-1;. The average molecular weight is 712 g/mol. The molecule has 0 aliphatic heterocycles. The average Bonchev–Trinajstić information content (AvgIpc) is 3.44. The predicted molar refractivity (Wildman–Crippen MR) is 200 cm³/mol. The van der Waals surface area contributed by atoms with Crippen LogP contribution in [0, 0.1) is 12.0 Å². The molecule has 6 aromatic carbocycles. The second-order valence-electron chi connectivity index (χ2n) is 12.2. The topological polar surface area (TPSA) is 112 Å². The van der Waals surface area contributed by atoms with Crippen LogP contribution < -0.4 is 0 Å². The Bertz CT molecular complexity index is 2020. The van der Waals surface area contributed by atoms with Gasteiger partial charge in [0.1, 0.15) is 0 Å². The van der Waals surface area contributed by atoms with Gasteiger partial charge in [-0.15, -0.1) is 0 Å². The van der Waals surface area contributed by atoms with E-state index in [4.69, 9.17) is 15.3 Å². The first-order valence-electron chi connectivity index (χ1n) is 16.6. The van der Waals surface area contributed by atoms with Crippen molar-refractivity contribution >= 4 is 50.2 Å². The largest absolute Gasteiger partial charge is 0.478 e. The number of hydrogen-bond acceptors (Lipinski definition) is 3. The fourth-order valence-corrected chi connectivity index (χ4v) is 6.57. The Morgan fingerprint density at radius 3 is 1.22 bits per heavy atom. The summed E-state index contributed by atoms with van der Waals surface area (Å²) in [7, 11) is 0. The van der Waals surface area contributed by atoms with E-state index in [1.165, 1.54) is 31.3 Å². The van der Waals surface area contributed by atoms with Gasteiger partial charge in [0.2, 0.25) is 0 Å². The number of allylic oxidation sites excluding steroid dienone is 4. The molecular weight excluding hydrogens is 672 g/mol. The van der Waals surface area contributed by atoms with Gasteiger partial charge in [-0.05, 0) is 56.9 Å². The minimum absolute atomic E-state index is 0. The minimum atomic E-state index is -0.878. The molecule has 6 nitrogen and oxygen atoms in total. The number of carboxylic acid groups (broad SMARTS) is 3. The first-order valence-corrected chi connectivity index (χ1v) is 16.6. The Balaban J connectivity index is 0.000000152. The minimum Gasteiger partial charge on any atom is -0.478 e. The number of benzene rings is 6. The zero-order chi connectivity index (χ0) is 35.6. The third kappa shape index (κ3) is 9.49. The summed E-state index contributed by atoms with van der Waals surface area (Å²) in [5.41, 5.74) is 5.85. The van der Waals surface area contributed by atoms with Gasteiger partial charge in [0.05, 0.1) is 16.7 Å². The van der Waals surface area contributed by atoms with Crippen molar-refractivity contribution in [1.29, 1.82) is 0 Å². The van der Waals surface area contributed by atoms with Gasteiger partial charge in [-0.1, -0.05) is 148 Å². The maximum absolute atomic E-state index is 10.8. The molecule has 1 unspecified atom stereocenters. The third-order valence-corrected chi connectivity index (χ3v) is 8.98. The van der Waals surface area contributed by atoms with Gasteiger partial charge >= 0.3 is 17.9 Å². The van der Waals surface area contributed by atoms with Crippen molar-refractivity contribution in [2.75, 3.05) is 0 Å². The van der Waals surface area contributed by atoms with Crippen molar-refractivity contribution in [2.45, 2.75) is 39.5 Å². The summed E-state index contributed by atoms with van der Waals surface area (Å²) in [5.74, 6) is -2.00. The van der Waals surface area contributed by atoms with Crippen LogP contribution in [0.1, 0.15) is 70.6 Å². The van der Waals surface area contributed by atoms with E-state index in [9.17, 15) is 14.4 Å². The van der Waals surface area contributed by atoms with Crippen molar-refractivity contribution in [3.8, 4) is 0 Å².